The molecule has 0 N–H and O–H groups in total. The van der Waals surface area contributed by atoms with Gasteiger partial charge in [0.15, 0.2) is 5.17 Å². The van der Waals surface area contributed by atoms with Crippen LogP contribution in [-0.2, 0) is 11.2 Å². The van der Waals surface area contributed by atoms with Crippen LogP contribution in [0.1, 0.15) is 18.1 Å². The van der Waals surface area contributed by atoms with Crippen molar-refractivity contribution in [3.05, 3.63) is 74.7 Å². The Morgan fingerprint density at radius 1 is 1.07 bits per heavy atom. The van der Waals surface area contributed by atoms with Gasteiger partial charge < -0.3 is 9.80 Å². The number of para-hydroxylation sites is 2. The third-order valence-electron chi connectivity index (χ3n) is 5.26. The molecule has 1 fully saturated rings. The lowest BCUT2D eigenvalue weighted by atomic mass is 10.1. The Hall–Kier alpha value is -3.13. The summed E-state index contributed by atoms with van der Waals surface area (Å²) in [5.41, 5.74) is 3.00. The van der Waals surface area contributed by atoms with Crippen molar-refractivity contribution < 1.29 is 9.72 Å². The molecule has 2 aromatic carbocycles. The number of aliphatic imine (C=N–C) groups is 1. The van der Waals surface area contributed by atoms with E-state index in [-0.39, 0.29) is 16.5 Å². The monoisotopic (exact) mass is 422 g/mol. The Kier molecular flexibility index (Phi) is 5.85. The molecule has 2 heterocycles. The predicted octanol–water partition coefficient (Wildman–Crippen LogP) is 3.95. The van der Waals surface area contributed by atoms with Gasteiger partial charge in [0.2, 0.25) is 0 Å². The van der Waals surface area contributed by atoms with Gasteiger partial charge >= 0.3 is 0 Å². The predicted molar refractivity (Wildman–Crippen MR) is 121 cm³/mol. The SMILES string of the molecule is CCc1ccc(C=C2SC(N3CCN(c4ccccc4[N+](=O)[O-])CC3)=NC2=O)cc1. The number of rotatable bonds is 4. The summed E-state index contributed by atoms with van der Waals surface area (Å²) in [5.74, 6) is -0.212. The number of nitro groups is 1. The minimum absolute atomic E-state index is 0.119. The first kappa shape index (κ1) is 20.2. The van der Waals surface area contributed by atoms with E-state index in [4.69, 9.17) is 0 Å². The standard InChI is InChI=1S/C22H22N4O3S/c1-2-16-7-9-17(10-8-16)15-20-21(27)23-22(30-20)25-13-11-24(12-14-25)18-5-3-4-6-19(18)26(28)29/h3-10,15H,2,11-14H2,1H3. The molecule has 0 aromatic heterocycles. The normalized spacial score (nSPS) is 18.1. The summed E-state index contributed by atoms with van der Waals surface area (Å²) in [4.78, 5) is 32.3. The number of nitrogens with zero attached hydrogens (tertiary/aromatic N) is 4. The zero-order valence-corrected chi connectivity index (χ0v) is 17.5. The Bertz CT molecular complexity index is 1020. The van der Waals surface area contributed by atoms with Crippen molar-refractivity contribution in [2.45, 2.75) is 13.3 Å². The lowest BCUT2D eigenvalue weighted by Gasteiger charge is -2.36. The number of hydrogen-bond donors (Lipinski definition) is 0. The molecule has 7 nitrogen and oxygen atoms in total. The summed E-state index contributed by atoms with van der Waals surface area (Å²) < 4.78 is 0. The number of anilines is 1. The van der Waals surface area contributed by atoms with Gasteiger partial charge in [-0.25, -0.2) is 0 Å². The number of piperazine rings is 1. The smallest absolute Gasteiger partial charge is 0.292 e. The van der Waals surface area contributed by atoms with Crippen LogP contribution in [0.25, 0.3) is 6.08 Å². The van der Waals surface area contributed by atoms with Crippen molar-refractivity contribution in [2.75, 3.05) is 31.1 Å². The highest BCUT2D eigenvalue weighted by Gasteiger charge is 2.30. The van der Waals surface area contributed by atoms with Gasteiger partial charge in [-0.2, -0.15) is 4.99 Å². The Morgan fingerprint density at radius 3 is 2.40 bits per heavy atom. The lowest BCUT2D eigenvalue weighted by Crippen LogP contribution is -2.48. The number of carbonyl (C=O) groups is 1. The molecule has 2 aromatic rings. The molecule has 0 radical (unpaired) electrons. The van der Waals surface area contributed by atoms with Crippen molar-refractivity contribution in [2.24, 2.45) is 4.99 Å². The van der Waals surface area contributed by atoms with Crippen LogP contribution in [0.15, 0.2) is 58.4 Å². The van der Waals surface area contributed by atoms with Crippen molar-refractivity contribution in [3.8, 4) is 0 Å². The number of nitro benzene ring substituents is 1. The molecule has 30 heavy (non-hydrogen) atoms. The second-order valence-corrected chi connectivity index (χ2v) is 8.13. The number of benzene rings is 2. The van der Waals surface area contributed by atoms with Crippen LogP contribution in [0.2, 0.25) is 0 Å². The molecule has 1 amide bonds. The third kappa shape index (κ3) is 4.23. The minimum atomic E-state index is -0.346. The molecule has 2 aliphatic heterocycles. The molecule has 0 atom stereocenters. The molecule has 1 saturated heterocycles. The third-order valence-corrected chi connectivity index (χ3v) is 6.31. The minimum Gasteiger partial charge on any atom is -0.362 e. The summed E-state index contributed by atoms with van der Waals surface area (Å²) >= 11 is 1.40. The van der Waals surface area contributed by atoms with E-state index in [0.29, 0.717) is 41.9 Å². The highest BCUT2D eigenvalue weighted by atomic mass is 32.2. The zero-order valence-electron chi connectivity index (χ0n) is 16.7. The first-order chi connectivity index (χ1) is 14.5. The summed E-state index contributed by atoms with van der Waals surface area (Å²) in [7, 11) is 0. The fourth-order valence-electron chi connectivity index (χ4n) is 3.56. The first-order valence-corrected chi connectivity index (χ1v) is 10.7. The molecule has 8 heteroatoms. The van der Waals surface area contributed by atoms with Crippen LogP contribution in [-0.4, -0.2) is 47.1 Å². The van der Waals surface area contributed by atoms with Gasteiger partial charge in [-0.15, -0.1) is 0 Å². The van der Waals surface area contributed by atoms with E-state index in [9.17, 15) is 14.9 Å². The molecule has 4 rings (SSSR count). The average molecular weight is 423 g/mol. The molecule has 0 aliphatic carbocycles. The molecule has 0 bridgehead atoms. The number of aryl methyl sites for hydroxylation is 1. The maximum Gasteiger partial charge on any atom is 0.292 e. The van der Waals surface area contributed by atoms with E-state index in [2.05, 4.69) is 28.9 Å². The molecular formula is C22H22N4O3S. The highest BCUT2D eigenvalue weighted by Crippen LogP contribution is 2.32. The Morgan fingerprint density at radius 2 is 1.73 bits per heavy atom. The van der Waals surface area contributed by atoms with Gasteiger partial charge in [0.05, 0.1) is 9.83 Å². The van der Waals surface area contributed by atoms with Gasteiger partial charge in [0, 0.05) is 32.2 Å². The maximum absolute atomic E-state index is 12.4. The molecule has 0 spiro atoms. The van der Waals surface area contributed by atoms with Crippen molar-refractivity contribution in [1.82, 2.24) is 4.90 Å². The van der Waals surface area contributed by atoms with Crippen LogP contribution < -0.4 is 4.90 Å². The van der Waals surface area contributed by atoms with Crippen LogP contribution in [0.4, 0.5) is 11.4 Å². The summed E-state index contributed by atoms with van der Waals surface area (Å²) in [6, 6.07) is 15.0. The molecule has 154 valence electrons. The highest BCUT2D eigenvalue weighted by molar-refractivity contribution is 8.18. The second-order valence-electron chi connectivity index (χ2n) is 7.13. The van der Waals surface area contributed by atoms with Gasteiger partial charge in [0.25, 0.3) is 11.6 Å². The van der Waals surface area contributed by atoms with Gasteiger partial charge in [-0.05, 0) is 41.5 Å². The largest absolute Gasteiger partial charge is 0.362 e. The summed E-state index contributed by atoms with van der Waals surface area (Å²) in [6.45, 7) is 4.69. The number of hydrogen-bond acceptors (Lipinski definition) is 6. The van der Waals surface area contributed by atoms with Crippen molar-refractivity contribution >= 4 is 40.3 Å². The molecule has 0 saturated carbocycles. The molecule has 2 aliphatic rings. The van der Waals surface area contributed by atoms with E-state index in [1.54, 1.807) is 12.1 Å². The lowest BCUT2D eigenvalue weighted by molar-refractivity contribution is -0.384. The Balaban J connectivity index is 1.41. The topological polar surface area (TPSA) is 79.1 Å². The zero-order chi connectivity index (χ0) is 21.1. The van der Waals surface area contributed by atoms with Gasteiger partial charge in [-0.1, -0.05) is 43.3 Å². The van der Waals surface area contributed by atoms with E-state index in [0.717, 1.165) is 12.0 Å². The van der Waals surface area contributed by atoms with E-state index in [1.165, 1.54) is 23.4 Å². The van der Waals surface area contributed by atoms with E-state index >= 15 is 0 Å². The van der Waals surface area contributed by atoms with Crippen LogP contribution in [0.5, 0.6) is 0 Å². The Labute approximate surface area is 179 Å². The van der Waals surface area contributed by atoms with Gasteiger partial charge in [0.1, 0.15) is 5.69 Å². The number of amides is 1. The fraction of sp³-hybridized carbons (Fsp3) is 0.273. The van der Waals surface area contributed by atoms with E-state index < -0.39 is 0 Å². The summed E-state index contributed by atoms with van der Waals surface area (Å²) in [6.07, 6.45) is 2.86. The number of thioether (sulfide) groups is 1. The van der Waals surface area contributed by atoms with Crippen LogP contribution in [0.3, 0.4) is 0 Å². The van der Waals surface area contributed by atoms with E-state index in [1.807, 2.05) is 29.2 Å². The van der Waals surface area contributed by atoms with Crippen LogP contribution >= 0.6 is 11.8 Å². The maximum atomic E-state index is 12.4. The second kappa shape index (κ2) is 8.71. The number of carbonyl (C=O) groups excluding carboxylic acids is 1. The van der Waals surface area contributed by atoms with Crippen LogP contribution in [0, 0.1) is 10.1 Å². The fourth-order valence-corrected chi connectivity index (χ4v) is 4.52. The summed E-state index contributed by atoms with van der Waals surface area (Å²) in [5, 5.41) is 12.0. The first-order valence-electron chi connectivity index (χ1n) is 9.90. The van der Waals surface area contributed by atoms with Gasteiger partial charge in [-0.3, -0.25) is 14.9 Å². The van der Waals surface area contributed by atoms with Crippen molar-refractivity contribution in [1.29, 1.82) is 0 Å². The molecule has 0 unspecified atom stereocenters. The molecular weight excluding hydrogens is 400 g/mol. The van der Waals surface area contributed by atoms with Crippen molar-refractivity contribution in [3.63, 3.8) is 0 Å². The average Bonchev–Trinajstić information content (AvgIpc) is 3.14. The quantitative estimate of drug-likeness (QED) is 0.422. The number of amidine groups is 1.